The van der Waals surface area contributed by atoms with E-state index in [-0.39, 0.29) is 63.3 Å². The van der Waals surface area contributed by atoms with Gasteiger partial charge < -0.3 is 15.3 Å². The lowest BCUT2D eigenvalue weighted by atomic mass is 9.40. The van der Waals surface area contributed by atoms with Crippen LogP contribution in [0.2, 0.25) is 0 Å². The van der Waals surface area contributed by atoms with E-state index in [1.165, 1.54) is 12.1 Å². The van der Waals surface area contributed by atoms with Crippen LogP contribution in [0.15, 0.2) is 46.2 Å². The second-order valence-electron chi connectivity index (χ2n) is 18.7. The van der Waals surface area contributed by atoms with Crippen LogP contribution in [-0.4, -0.2) is 46.9 Å². The standard InChI is InChI=1S/C41H60O9S2/c1-25-10-14-34(51(45,46)47)32(21-25)40(43)20-19-39(7)31-16-18-38(6)29(27(3)9-8-17-37(4,5)42)12-13-30(38)28(31)23-41(44,36(39)24-40)33-22-26(2)11-15-35(33)52(48,49)50/h10-11,14-15,21-22,27-31,36,42-44H,8-9,12-13,16-20,23-24H2,1-7H3,(H,45,46,47)(H,48,49,50)/t27-,28+,29-,30+,31+,36+,38-,39-,40+,41+/m1/s1. The van der Waals surface area contributed by atoms with Crippen molar-refractivity contribution >= 4 is 20.2 Å². The molecule has 4 aliphatic carbocycles. The molecule has 6 rings (SSSR count). The molecule has 10 atom stereocenters. The molecule has 290 valence electrons. The Morgan fingerprint density at radius 2 is 1.35 bits per heavy atom. The molecule has 0 aromatic heterocycles. The first-order valence-corrected chi connectivity index (χ1v) is 22.1. The quantitative estimate of drug-likeness (QED) is 0.161. The number of rotatable bonds is 9. The smallest absolute Gasteiger partial charge is 0.294 e. The highest BCUT2D eigenvalue weighted by atomic mass is 32.2. The zero-order chi connectivity index (χ0) is 38.4. The summed E-state index contributed by atoms with van der Waals surface area (Å²) >= 11 is 0. The van der Waals surface area contributed by atoms with Gasteiger partial charge in [0.25, 0.3) is 20.2 Å². The molecule has 0 heterocycles. The minimum absolute atomic E-state index is 0.0132. The van der Waals surface area contributed by atoms with E-state index in [0.717, 1.165) is 44.9 Å². The summed E-state index contributed by atoms with van der Waals surface area (Å²) in [6.07, 6.45) is 7.57. The molecule has 0 spiro atoms. The number of aliphatic hydroxyl groups is 3. The highest BCUT2D eigenvalue weighted by Gasteiger charge is 2.68. The molecule has 4 aliphatic rings. The number of benzene rings is 2. The number of aryl methyl sites for hydroxylation is 2. The van der Waals surface area contributed by atoms with Crippen molar-refractivity contribution in [1.29, 1.82) is 0 Å². The molecule has 0 radical (unpaired) electrons. The van der Waals surface area contributed by atoms with Crippen molar-refractivity contribution in [3.63, 3.8) is 0 Å². The van der Waals surface area contributed by atoms with Crippen LogP contribution in [0.1, 0.15) is 128 Å². The molecule has 0 amide bonds. The van der Waals surface area contributed by atoms with Gasteiger partial charge >= 0.3 is 0 Å². The van der Waals surface area contributed by atoms with Gasteiger partial charge in [0.05, 0.1) is 26.6 Å². The van der Waals surface area contributed by atoms with Gasteiger partial charge in [-0.3, -0.25) is 9.11 Å². The van der Waals surface area contributed by atoms with E-state index < -0.39 is 48.4 Å². The van der Waals surface area contributed by atoms with Gasteiger partial charge in [0.2, 0.25) is 0 Å². The average Bonchev–Trinajstić information content (AvgIpc) is 3.38. The van der Waals surface area contributed by atoms with Crippen LogP contribution < -0.4 is 0 Å². The summed E-state index contributed by atoms with van der Waals surface area (Å²) in [6.45, 7) is 14.2. The lowest BCUT2D eigenvalue weighted by Crippen LogP contribution is -2.63. The molecular weight excluding hydrogens is 701 g/mol. The summed E-state index contributed by atoms with van der Waals surface area (Å²) < 4.78 is 72.0. The van der Waals surface area contributed by atoms with Crippen molar-refractivity contribution in [3.8, 4) is 0 Å². The Balaban J connectivity index is 1.46. The molecule has 0 bridgehead atoms. The molecule has 0 saturated heterocycles. The minimum Gasteiger partial charge on any atom is -0.390 e. The second kappa shape index (κ2) is 13.1. The molecule has 0 unspecified atom stereocenters. The summed E-state index contributed by atoms with van der Waals surface area (Å²) in [5, 5.41) is 36.4. The third-order valence-corrected chi connectivity index (χ3v) is 16.6. The van der Waals surface area contributed by atoms with E-state index in [9.17, 15) is 41.3 Å². The Hall–Kier alpha value is -1.86. The third-order valence-electron chi connectivity index (χ3n) is 14.8. The van der Waals surface area contributed by atoms with Crippen LogP contribution in [-0.2, 0) is 31.4 Å². The summed E-state index contributed by atoms with van der Waals surface area (Å²) in [6, 6.07) is 9.05. The lowest BCUT2D eigenvalue weighted by Gasteiger charge is -2.66. The van der Waals surface area contributed by atoms with Crippen LogP contribution in [0.3, 0.4) is 0 Å². The Morgan fingerprint density at radius 1 is 0.788 bits per heavy atom. The first kappa shape index (κ1) is 39.8. The van der Waals surface area contributed by atoms with Crippen molar-refractivity contribution < 1.29 is 41.3 Å². The molecule has 5 N–H and O–H groups in total. The van der Waals surface area contributed by atoms with E-state index in [4.69, 9.17) is 0 Å². The molecule has 9 nitrogen and oxygen atoms in total. The topological polar surface area (TPSA) is 169 Å². The van der Waals surface area contributed by atoms with Gasteiger partial charge in [-0.25, -0.2) is 0 Å². The first-order chi connectivity index (χ1) is 23.8. The van der Waals surface area contributed by atoms with E-state index in [0.29, 0.717) is 29.4 Å². The predicted octanol–water partition coefficient (Wildman–Crippen LogP) is 7.72. The predicted molar refractivity (Wildman–Crippen MR) is 200 cm³/mol. The van der Waals surface area contributed by atoms with Gasteiger partial charge in [0.1, 0.15) is 0 Å². The third kappa shape index (κ3) is 6.83. The van der Waals surface area contributed by atoms with Gasteiger partial charge in [0.15, 0.2) is 0 Å². The van der Waals surface area contributed by atoms with Gasteiger partial charge in [-0.05, 0) is 138 Å². The average molecular weight is 761 g/mol. The largest absolute Gasteiger partial charge is 0.390 e. The van der Waals surface area contributed by atoms with Crippen molar-refractivity contribution in [3.05, 3.63) is 58.7 Å². The minimum atomic E-state index is -4.76. The fourth-order valence-corrected chi connectivity index (χ4v) is 13.9. The summed E-state index contributed by atoms with van der Waals surface area (Å²) in [5.74, 6) is 0.718. The molecule has 2 aromatic rings. The Kier molecular flexibility index (Phi) is 10.1. The Labute approximate surface area is 311 Å². The number of hydrogen-bond donors (Lipinski definition) is 5. The monoisotopic (exact) mass is 760 g/mol. The summed E-state index contributed by atoms with van der Waals surface area (Å²) in [7, 11) is -9.46. The number of hydrogen-bond acceptors (Lipinski definition) is 7. The zero-order valence-corrected chi connectivity index (χ0v) is 33.5. The molecule has 0 aliphatic heterocycles. The van der Waals surface area contributed by atoms with Crippen molar-refractivity contribution in [2.24, 2.45) is 46.3 Å². The Bertz CT molecular complexity index is 1920. The molecule has 2 aromatic carbocycles. The van der Waals surface area contributed by atoms with Crippen LogP contribution in [0.5, 0.6) is 0 Å². The highest BCUT2D eigenvalue weighted by molar-refractivity contribution is 7.86. The van der Waals surface area contributed by atoms with E-state index in [1.807, 2.05) is 20.8 Å². The van der Waals surface area contributed by atoms with Crippen molar-refractivity contribution in [2.75, 3.05) is 0 Å². The van der Waals surface area contributed by atoms with Crippen molar-refractivity contribution in [2.45, 2.75) is 146 Å². The van der Waals surface area contributed by atoms with Crippen LogP contribution >= 0.6 is 0 Å². The lowest BCUT2D eigenvalue weighted by molar-refractivity contribution is -0.238. The van der Waals surface area contributed by atoms with Gasteiger partial charge in [-0.1, -0.05) is 69.0 Å². The summed E-state index contributed by atoms with van der Waals surface area (Å²) in [5.41, 5.74) is -3.18. The maximum atomic E-state index is 13.5. The zero-order valence-electron chi connectivity index (χ0n) is 31.9. The van der Waals surface area contributed by atoms with E-state index in [2.05, 4.69) is 20.8 Å². The van der Waals surface area contributed by atoms with Gasteiger partial charge in [0, 0.05) is 17.0 Å². The highest BCUT2D eigenvalue weighted by Crippen LogP contribution is 2.72. The van der Waals surface area contributed by atoms with E-state index >= 15 is 0 Å². The van der Waals surface area contributed by atoms with Crippen LogP contribution in [0.25, 0.3) is 0 Å². The van der Waals surface area contributed by atoms with Crippen LogP contribution in [0.4, 0.5) is 0 Å². The molecule has 4 saturated carbocycles. The normalized spacial score (nSPS) is 37.2. The first-order valence-electron chi connectivity index (χ1n) is 19.2. The van der Waals surface area contributed by atoms with Gasteiger partial charge in [-0.2, -0.15) is 16.8 Å². The fourth-order valence-electron chi connectivity index (χ4n) is 12.4. The number of fused-ring (bicyclic) bond motifs is 5. The van der Waals surface area contributed by atoms with E-state index in [1.54, 1.807) is 31.2 Å². The second-order valence-corrected chi connectivity index (χ2v) is 21.4. The van der Waals surface area contributed by atoms with Crippen molar-refractivity contribution in [1.82, 2.24) is 0 Å². The molecular formula is C41H60O9S2. The summed E-state index contributed by atoms with van der Waals surface area (Å²) in [4.78, 5) is -0.731. The van der Waals surface area contributed by atoms with Gasteiger partial charge in [-0.15, -0.1) is 0 Å². The molecule has 4 fully saturated rings. The maximum absolute atomic E-state index is 13.5. The molecule has 52 heavy (non-hydrogen) atoms. The maximum Gasteiger partial charge on any atom is 0.294 e. The molecule has 11 heteroatoms. The fraction of sp³-hybridized carbons (Fsp3) is 0.707. The Morgan fingerprint density at radius 3 is 1.92 bits per heavy atom. The van der Waals surface area contributed by atoms with Crippen LogP contribution in [0, 0.1) is 60.2 Å². The SMILES string of the molecule is Cc1ccc(S(=O)(=O)O)c([C@]2(O)CC[C@]3(C)[C@H]4CC[C@]5(C)[C@@H]([C@H](C)CCCC(C)(C)O)CC[C@H]5[C@@H]4C[C@](O)(c4cc(C)ccc4S(=O)(=O)O)[C@H]3C2)c1.